The average Bonchev–Trinajstić information content (AvgIpc) is 2.87. The van der Waals surface area contributed by atoms with Gasteiger partial charge in [-0.1, -0.05) is 32.9 Å². The molecule has 188 valence electrons. The lowest BCUT2D eigenvalue weighted by atomic mass is 9.80. The number of hydrogen-bond donors (Lipinski definition) is 0. The molecule has 2 aliphatic heterocycles. The van der Waals surface area contributed by atoms with E-state index in [-0.39, 0.29) is 17.1 Å². The molecular formula is C29H32N2O5. The summed E-state index contributed by atoms with van der Waals surface area (Å²) in [7, 11) is 3.15. The molecule has 7 heteroatoms. The van der Waals surface area contributed by atoms with Crippen LogP contribution in [0.5, 0.6) is 17.2 Å². The Kier molecular flexibility index (Phi) is 5.89. The molecule has 1 spiro atoms. The first-order valence-corrected chi connectivity index (χ1v) is 12.3. The number of benzene rings is 2. The molecule has 0 aliphatic carbocycles. The molecule has 0 bridgehead atoms. The number of rotatable bonds is 3. The predicted octanol–water partition coefficient (Wildman–Crippen LogP) is 5.19. The number of hydrogen-bond acceptors (Lipinski definition) is 6. The van der Waals surface area contributed by atoms with Crippen molar-refractivity contribution in [2.45, 2.75) is 51.0 Å². The third-order valence-electron chi connectivity index (χ3n) is 7.34. The van der Waals surface area contributed by atoms with Gasteiger partial charge in [-0.25, -0.2) is 4.98 Å². The maximum Gasteiger partial charge on any atom is 0.272 e. The van der Waals surface area contributed by atoms with Crippen LogP contribution < -0.4 is 14.2 Å². The van der Waals surface area contributed by atoms with Gasteiger partial charge < -0.3 is 19.1 Å². The minimum Gasteiger partial charge on any atom is -0.496 e. The quantitative estimate of drug-likeness (QED) is 0.505. The first-order chi connectivity index (χ1) is 17.1. The van der Waals surface area contributed by atoms with Crippen LogP contribution in [0.4, 0.5) is 0 Å². The third kappa shape index (κ3) is 4.16. The molecule has 7 nitrogen and oxygen atoms in total. The molecule has 0 saturated carbocycles. The van der Waals surface area contributed by atoms with Gasteiger partial charge in [-0.2, -0.15) is 0 Å². The van der Waals surface area contributed by atoms with E-state index in [9.17, 15) is 9.59 Å². The Labute approximate surface area is 211 Å². The number of ketones is 1. The lowest BCUT2D eigenvalue weighted by Crippen LogP contribution is -2.52. The zero-order valence-electron chi connectivity index (χ0n) is 21.5. The molecular weight excluding hydrogens is 456 g/mol. The molecule has 36 heavy (non-hydrogen) atoms. The van der Waals surface area contributed by atoms with Crippen LogP contribution >= 0.6 is 0 Å². The fraction of sp³-hybridized carbons (Fsp3) is 0.414. The lowest BCUT2D eigenvalue weighted by Gasteiger charge is -2.44. The van der Waals surface area contributed by atoms with Crippen LogP contribution in [0.15, 0.2) is 42.5 Å². The monoisotopic (exact) mass is 488 g/mol. The van der Waals surface area contributed by atoms with Crippen LogP contribution in [0.3, 0.4) is 0 Å². The van der Waals surface area contributed by atoms with Crippen LogP contribution in [0, 0.1) is 0 Å². The number of piperidine rings is 1. The van der Waals surface area contributed by atoms with E-state index in [1.807, 2.05) is 36.4 Å². The summed E-state index contributed by atoms with van der Waals surface area (Å²) >= 11 is 0. The number of pyridine rings is 1. The Morgan fingerprint density at radius 3 is 2.42 bits per heavy atom. The number of carbonyl (C=O) groups excluding carboxylic acids is 2. The van der Waals surface area contributed by atoms with Crippen molar-refractivity contribution in [3.63, 3.8) is 0 Å². The van der Waals surface area contributed by atoms with Crippen LogP contribution in [0.1, 0.15) is 66.4 Å². The number of carbonyl (C=O) groups is 2. The molecule has 2 aromatic carbocycles. The lowest BCUT2D eigenvalue weighted by molar-refractivity contribution is -0.00588. The van der Waals surface area contributed by atoms with E-state index in [1.54, 1.807) is 25.2 Å². The van der Waals surface area contributed by atoms with Gasteiger partial charge >= 0.3 is 0 Å². The molecule has 5 rings (SSSR count). The number of para-hydroxylation sites is 1. The molecule has 1 amide bonds. The number of fused-ring (bicyclic) bond motifs is 2. The molecule has 3 heterocycles. The molecule has 0 N–H and O–H groups in total. The number of nitrogens with zero attached hydrogens (tertiary/aromatic N) is 2. The van der Waals surface area contributed by atoms with E-state index in [2.05, 4.69) is 25.8 Å². The van der Waals surface area contributed by atoms with Crippen molar-refractivity contribution in [1.82, 2.24) is 9.88 Å². The highest BCUT2D eigenvalue weighted by Crippen LogP contribution is 2.41. The molecule has 1 fully saturated rings. The van der Waals surface area contributed by atoms with Gasteiger partial charge in [0.1, 0.15) is 34.1 Å². The van der Waals surface area contributed by atoms with E-state index in [1.165, 1.54) is 0 Å². The van der Waals surface area contributed by atoms with Gasteiger partial charge in [0, 0.05) is 37.4 Å². The van der Waals surface area contributed by atoms with Crippen molar-refractivity contribution in [2.24, 2.45) is 0 Å². The maximum absolute atomic E-state index is 13.4. The Bertz CT molecular complexity index is 1350. The highest BCUT2D eigenvalue weighted by Gasteiger charge is 2.44. The summed E-state index contributed by atoms with van der Waals surface area (Å²) in [5.41, 5.74) is 2.04. The molecule has 2 aliphatic rings. The molecule has 0 radical (unpaired) electrons. The largest absolute Gasteiger partial charge is 0.496 e. The molecule has 0 atom stereocenters. The van der Waals surface area contributed by atoms with E-state index in [4.69, 9.17) is 14.2 Å². The summed E-state index contributed by atoms with van der Waals surface area (Å²) in [6, 6.07) is 13.2. The number of likely N-dealkylation sites (tertiary alicyclic amines) is 1. The van der Waals surface area contributed by atoms with Crippen molar-refractivity contribution in [1.29, 1.82) is 0 Å². The molecule has 3 aromatic rings. The predicted molar refractivity (Wildman–Crippen MR) is 137 cm³/mol. The Hall–Kier alpha value is -3.61. The normalized spacial score (nSPS) is 17.0. The summed E-state index contributed by atoms with van der Waals surface area (Å²) < 4.78 is 17.4. The highest BCUT2D eigenvalue weighted by atomic mass is 16.5. The van der Waals surface area contributed by atoms with Gasteiger partial charge in [0.2, 0.25) is 0 Å². The minimum atomic E-state index is -0.582. The molecule has 1 aromatic heterocycles. The van der Waals surface area contributed by atoms with Gasteiger partial charge in [-0.05, 0) is 35.2 Å². The fourth-order valence-electron chi connectivity index (χ4n) is 5.15. The minimum absolute atomic E-state index is 0.0420. The number of methoxy groups -OCH3 is 2. The van der Waals surface area contributed by atoms with E-state index in [0.717, 1.165) is 10.9 Å². The van der Waals surface area contributed by atoms with E-state index in [0.29, 0.717) is 66.4 Å². The topological polar surface area (TPSA) is 78.0 Å². The zero-order chi connectivity index (χ0) is 25.7. The number of amides is 1. The van der Waals surface area contributed by atoms with E-state index >= 15 is 0 Å². The van der Waals surface area contributed by atoms with Gasteiger partial charge in [0.25, 0.3) is 5.91 Å². The summed E-state index contributed by atoms with van der Waals surface area (Å²) in [5.74, 6) is 1.74. The number of ether oxygens (including phenoxy) is 3. The van der Waals surface area contributed by atoms with Crippen molar-refractivity contribution in [2.75, 3.05) is 27.3 Å². The van der Waals surface area contributed by atoms with Crippen molar-refractivity contribution in [3.8, 4) is 17.2 Å². The SMILES string of the molecule is COc1cc(C(=O)N2CCC3(CC2)CC(=O)c2cc(C(C)(C)C)ccc2O3)nc2c(OC)cccc12. The first kappa shape index (κ1) is 24.1. The molecule has 1 saturated heterocycles. The zero-order valence-corrected chi connectivity index (χ0v) is 21.5. The standard InChI is InChI=1S/C29H32N2O5/c1-28(2,3)18-9-10-23-20(15-18)22(32)17-29(36-23)11-13-31(14-12-29)27(33)21-16-25(35-5)19-7-6-8-24(34-4)26(19)30-21/h6-10,15-16H,11-14,17H2,1-5H3. The van der Waals surface area contributed by atoms with Gasteiger partial charge in [0.05, 0.1) is 26.2 Å². The van der Waals surface area contributed by atoms with Crippen LogP contribution in [0.25, 0.3) is 10.9 Å². The van der Waals surface area contributed by atoms with Gasteiger partial charge in [-0.3, -0.25) is 9.59 Å². The number of Topliss-reactive ketones (excluding diaryl/α,β-unsaturated/α-hetero) is 1. The third-order valence-corrected chi connectivity index (χ3v) is 7.34. The Morgan fingerprint density at radius 1 is 1.03 bits per heavy atom. The van der Waals surface area contributed by atoms with Crippen molar-refractivity contribution >= 4 is 22.6 Å². The van der Waals surface area contributed by atoms with Crippen LogP contribution in [0.2, 0.25) is 0 Å². The number of aromatic nitrogens is 1. The first-order valence-electron chi connectivity index (χ1n) is 12.3. The summed E-state index contributed by atoms with van der Waals surface area (Å²) in [4.78, 5) is 33.0. The maximum atomic E-state index is 13.4. The summed E-state index contributed by atoms with van der Waals surface area (Å²) in [5, 5.41) is 0.786. The van der Waals surface area contributed by atoms with Crippen LogP contribution in [-0.4, -0.2) is 54.5 Å². The van der Waals surface area contributed by atoms with Crippen molar-refractivity contribution < 1.29 is 23.8 Å². The second-order valence-electron chi connectivity index (χ2n) is 10.7. The highest BCUT2D eigenvalue weighted by molar-refractivity contribution is 6.01. The van der Waals surface area contributed by atoms with Gasteiger partial charge in [-0.15, -0.1) is 0 Å². The average molecular weight is 489 g/mol. The summed E-state index contributed by atoms with van der Waals surface area (Å²) in [6.07, 6.45) is 1.49. The van der Waals surface area contributed by atoms with Gasteiger partial charge in [0.15, 0.2) is 5.78 Å². The Balaban J connectivity index is 1.36. The second-order valence-corrected chi connectivity index (χ2v) is 10.7. The summed E-state index contributed by atoms with van der Waals surface area (Å²) in [6.45, 7) is 7.36. The second kappa shape index (κ2) is 8.80. The van der Waals surface area contributed by atoms with Crippen LogP contribution in [-0.2, 0) is 5.41 Å². The fourth-order valence-corrected chi connectivity index (χ4v) is 5.15. The van der Waals surface area contributed by atoms with Crippen molar-refractivity contribution in [3.05, 3.63) is 59.3 Å². The Morgan fingerprint density at radius 2 is 1.75 bits per heavy atom. The van der Waals surface area contributed by atoms with E-state index < -0.39 is 5.60 Å². The molecule has 0 unspecified atom stereocenters. The smallest absolute Gasteiger partial charge is 0.272 e.